The highest BCUT2D eigenvalue weighted by Crippen LogP contribution is 2.29. The van der Waals surface area contributed by atoms with Crippen LogP contribution in [0, 0.1) is 10.1 Å². The van der Waals surface area contributed by atoms with E-state index in [0.29, 0.717) is 43.5 Å². The number of allylic oxidation sites excluding steroid dienone is 1. The Labute approximate surface area is 185 Å². The van der Waals surface area contributed by atoms with Crippen molar-refractivity contribution in [1.82, 2.24) is 10.2 Å². The van der Waals surface area contributed by atoms with Crippen molar-refractivity contribution in [2.75, 3.05) is 0 Å². The second-order valence-corrected chi connectivity index (χ2v) is 8.21. The summed E-state index contributed by atoms with van der Waals surface area (Å²) in [6.07, 6.45) is 2.31. The number of benzene rings is 2. The van der Waals surface area contributed by atoms with Gasteiger partial charge in [0.1, 0.15) is 11.8 Å². The van der Waals surface area contributed by atoms with Gasteiger partial charge in [-0.15, -0.1) is 0 Å². The number of nitro groups is 1. The molecule has 8 nitrogen and oxygen atoms in total. The number of aryl methyl sites for hydroxylation is 1. The summed E-state index contributed by atoms with van der Waals surface area (Å²) in [5.41, 5.74) is 3.84. The number of Topliss-reactive ketones (excluding diaryl/α,β-unsaturated/α-hetero) is 1. The average molecular weight is 433 g/mol. The van der Waals surface area contributed by atoms with Gasteiger partial charge in [-0.05, 0) is 42.0 Å². The maximum Gasteiger partial charge on any atom is 0.269 e. The number of rotatable bonds is 7. The Kier molecular flexibility index (Phi) is 5.85. The number of amides is 2. The number of ketones is 1. The van der Waals surface area contributed by atoms with Gasteiger partial charge < -0.3 is 10.2 Å². The van der Waals surface area contributed by atoms with Crippen LogP contribution in [-0.2, 0) is 29.0 Å². The average Bonchev–Trinajstić information content (AvgIpc) is 3.08. The van der Waals surface area contributed by atoms with E-state index < -0.39 is 11.0 Å². The lowest BCUT2D eigenvalue weighted by molar-refractivity contribution is -0.384. The summed E-state index contributed by atoms with van der Waals surface area (Å²) in [7, 11) is 0. The molecule has 1 unspecified atom stereocenters. The molecule has 1 N–H and O–H groups in total. The molecule has 0 aliphatic carbocycles. The van der Waals surface area contributed by atoms with Crippen LogP contribution in [-0.4, -0.2) is 33.5 Å². The second-order valence-electron chi connectivity index (χ2n) is 8.21. The molecule has 0 aromatic heterocycles. The summed E-state index contributed by atoms with van der Waals surface area (Å²) < 4.78 is 0. The molecule has 8 heteroatoms. The molecule has 32 heavy (non-hydrogen) atoms. The topological polar surface area (TPSA) is 110 Å². The molecule has 0 bridgehead atoms. The number of fused-ring (bicyclic) bond motifs is 1. The standard InChI is InChI=1S/C24H23N3O5/c1-15-2-11-22(23(29)25-15)26-14-18-12-16(6-10-21(18)24(26)30)5-9-20(28)13-17-3-7-19(8-4-17)27(31)32/h3-4,6-8,10,12,22H,1-2,5,9,11,13-14H2,(H,25,29). The van der Waals surface area contributed by atoms with E-state index in [2.05, 4.69) is 11.9 Å². The molecule has 2 aromatic carbocycles. The first-order valence-corrected chi connectivity index (χ1v) is 10.5. The maximum absolute atomic E-state index is 12.8. The Bertz CT molecular complexity index is 1120. The molecule has 0 saturated carbocycles. The van der Waals surface area contributed by atoms with Crippen molar-refractivity contribution in [2.45, 2.75) is 44.7 Å². The highest BCUT2D eigenvalue weighted by Gasteiger charge is 2.38. The Morgan fingerprint density at radius 1 is 1.16 bits per heavy atom. The SMILES string of the molecule is C=C1CCC(N2Cc3cc(CCC(=O)Cc4ccc([N+](=O)[O-])cc4)ccc3C2=O)C(=O)N1. The summed E-state index contributed by atoms with van der Waals surface area (Å²) in [5, 5.41) is 13.5. The molecule has 164 valence electrons. The summed E-state index contributed by atoms with van der Waals surface area (Å²) in [6, 6.07) is 11.1. The number of nitrogens with zero attached hydrogens (tertiary/aromatic N) is 2. The Hall–Kier alpha value is -3.81. The van der Waals surface area contributed by atoms with Crippen molar-refractivity contribution in [3.05, 3.63) is 87.1 Å². The van der Waals surface area contributed by atoms with Gasteiger partial charge in [0.2, 0.25) is 5.91 Å². The van der Waals surface area contributed by atoms with Crippen molar-refractivity contribution >= 4 is 23.3 Å². The molecule has 2 aromatic rings. The zero-order chi connectivity index (χ0) is 22.8. The molecule has 1 atom stereocenters. The maximum atomic E-state index is 12.8. The molecule has 2 heterocycles. The van der Waals surface area contributed by atoms with Gasteiger partial charge in [0, 0.05) is 42.8 Å². The zero-order valence-electron chi connectivity index (χ0n) is 17.5. The van der Waals surface area contributed by atoms with Crippen molar-refractivity contribution in [1.29, 1.82) is 0 Å². The van der Waals surface area contributed by atoms with Gasteiger partial charge in [-0.2, -0.15) is 0 Å². The van der Waals surface area contributed by atoms with Gasteiger partial charge in [0.05, 0.1) is 4.92 Å². The van der Waals surface area contributed by atoms with E-state index >= 15 is 0 Å². The van der Waals surface area contributed by atoms with Crippen LogP contribution in [0.2, 0.25) is 0 Å². The van der Waals surface area contributed by atoms with E-state index in [1.54, 1.807) is 23.1 Å². The molecule has 2 amide bonds. The number of nitro benzene ring substituents is 1. The fourth-order valence-corrected chi connectivity index (χ4v) is 4.20. The largest absolute Gasteiger partial charge is 0.329 e. The number of non-ortho nitro benzene ring substituents is 1. The first-order valence-electron chi connectivity index (χ1n) is 10.5. The van der Waals surface area contributed by atoms with Crippen LogP contribution in [0.15, 0.2) is 54.7 Å². The van der Waals surface area contributed by atoms with E-state index in [-0.39, 0.29) is 29.7 Å². The molecule has 0 radical (unpaired) electrons. The molecule has 2 aliphatic rings. The third kappa shape index (κ3) is 4.44. The Morgan fingerprint density at radius 2 is 1.88 bits per heavy atom. The Balaban J connectivity index is 1.36. The molecule has 0 spiro atoms. The Morgan fingerprint density at radius 3 is 2.56 bits per heavy atom. The predicted molar refractivity (Wildman–Crippen MR) is 117 cm³/mol. The van der Waals surface area contributed by atoms with Crippen LogP contribution in [0.3, 0.4) is 0 Å². The molecular formula is C24H23N3O5. The summed E-state index contributed by atoms with van der Waals surface area (Å²) in [6.45, 7) is 4.16. The van der Waals surface area contributed by atoms with E-state index in [1.165, 1.54) is 12.1 Å². The van der Waals surface area contributed by atoms with Crippen LogP contribution >= 0.6 is 0 Å². The minimum atomic E-state index is -0.493. The summed E-state index contributed by atoms with van der Waals surface area (Å²) in [4.78, 5) is 49.3. The minimum absolute atomic E-state index is 0.00132. The normalized spacial score (nSPS) is 17.8. The summed E-state index contributed by atoms with van der Waals surface area (Å²) >= 11 is 0. The van der Waals surface area contributed by atoms with Gasteiger partial charge in [-0.1, -0.05) is 30.8 Å². The quantitative estimate of drug-likeness (QED) is 0.533. The van der Waals surface area contributed by atoms with Crippen molar-refractivity contribution in [3.63, 3.8) is 0 Å². The van der Waals surface area contributed by atoms with Crippen LogP contribution in [0.1, 0.15) is 46.3 Å². The van der Waals surface area contributed by atoms with Crippen LogP contribution in [0.4, 0.5) is 5.69 Å². The van der Waals surface area contributed by atoms with Gasteiger partial charge in [0.25, 0.3) is 11.6 Å². The fourth-order valence-electron chi connectivity index (χ4n) is 4.20. The number of hydrogen-bond donors (Lipinski definition) is 1. The monoisotopic (exact) mass is 433 g/mol. The van der Waals surface area contributed by atoms with Gasteiger partial charge in [-0.3, -0.25) is 24.5 Å². The first kappa shape index (κ1) is 21.4. The minimum Gasteiger partial charge on any atom is -0.329 e. The van der Waals surface area contributed by atoms with Crippen molar-refractivity contribution < 1.29 is 19.3 Å². The third-order valence-electron chi connectivity index (χ3n) is 5.94. The third-order valence-corrected chi connectivity index (χ3v) is 5.94. The lowest BCUT2D eigenvalue weighted by atomic mass is 9.99. The first-order chi connectivity index (χ1) is 15.3. The predicted octanol–water partition coefficient (Wildman–Crippen LogP) is 3.09. The van der Waals surface area contributed by atoms with Crippen molar-refractivity contribution in [2.24, 2.45) is 0 Å². The highest BCUT2D eigenvalue weighted by molar-refractivity contribution is 6.01. The van der Waals surface area contributed by atoms with E-state index in [1.807, 2.05) is 12.1 Å². The van der Waals surface area contributed by atoms with Crippen LogP contribution in [0.25, 0.3) is 0 Å². The number of nitrogens with one attached hydrogen (secondary N) is 1. The van der Waals surface area contributed by atoms with Crippen molar-refractivity contribution in [3.8, 4) is 0 Å². The summed E-state index contributed by atoms with van der Waals surface area (Å²) in [5.74, 6) is -0.302. The molecular weight excluding hydrogens is 410 g/mol. The molecule has 1 fully saturated rings. The lowest BCUT2D eigenvalue weighted by Gasteiger charge is -2.30. The molecule has 1 saturated heterocycles. The smallest absolute Gasteiger partial charge is 0.269 e. The van der Waals surface area contributed by atoms with Gasteiger partial charge >= 0.3 is 0 Å². The van der Waals surface area contributed by atoms with Crippen LogP contribution in [0.5, 0.6) is 0 Å². The second kappa shape index (κ2) is 8.74. The molecule has 2 aliphatic heterocycles. The fraction of sp³-hybridized carbons (Fsp3) is 0.292. The van der Waals surface area contributed by atoms with E-state index in [4.69, 9.17) is 0 Å². The van der Waals surface area contributed by atoms with E-state index in [9.17, 15) is 24.5 Å². The van der Waals surface area contributed by atoms with Gasteiger partial charge in [-0.25, -0.2) is 0 Å². The van der Waals surface area contributed by atoms with Crippen LogP contribution < -0.4 is 5.32 Å². The number of carbonyl (C=O) groups excluding carboxylic acids is 3. The number of piperidine rings is 1. The highest BCUT2D eigenvalue weighted by atomic mass is 16.6. The number of hydrogen-bond acceptors (Lipinski definition) is 5. The zero-order valence-corrected chi connectivity index (χ0v) is 17.5. The molecule has 4 rings (SSSR count). The lowest BCUT2D eigenvalue weighted by Crippen LogP contribution is -2.49. The number of carbonyl (C=O) groups is 3. The van der Waals surface area contributed by atoms with Gasteiger partial charge in [0.15, 0.2) is 0 Å². The van der Waals surface area contributed by atoms with E-state index in [0.717, 1.165) is 16.7 Å².